The van der Waals surface area contributed by atoms with Crippen LogP contribution in [0.3, 0.4) is 0 Å². The van der Waals surface area contributed by atoms with E-state index in [1.807, 2.05) is 24.3 Å². The maximum absolute atomic E-state index is 13.0. The number of fused-ring (bicyclic) bond motifs is 3. The number of rotatable bonds is 9. The van der Waals surface area contributed by atoms with E-state index in [0.29, 0.717) is 12.8 Å². The molecule has 2 aliphatic carbocycles. The summed E-state index contributed by atoms with van der Waals surface area (Å²) in [5, 5.41) is 23.8. The van der Waals surface area contributed by atoms with Crippen molar-refractivity contribution in [2.75, 3.05) is 19.7 Å². The smallest absolute Gasteiger partial charge is 0.407 e. The van der Waals surface area contributed by atoms with Gasteiger partial charge in [-0.2, -0.15) is 0 Å². The van der Waals surface area contributed by atoms with Crippen LogP contribution in [-0.2, 0) is 14.3 Å². The fourth-order valence-electron chi connectivity index (χ4n) is 5.24. The Morgan fingerprint density at radius 3 is 2.14 bits per heavy atom. The van der Waals surface area contributed by atoms with Crippen LogP contribution in [0.4, 0.5) is 4.79 Å². The fraction of sp³-hybridized carbons (Fsp3) is 0.444. The Morgan fingerprint density at radius 2 is 1.54 bits per heavy atom. The van der Waals surface area contributed by atoms with E-state index in [2.05, 4.69) is 34.9 Å². The molecule has 2 aromatic rings. The van der Waals surface area contributed by atoms with Crippen molar-refractivity contribution >= 4 is 18.0 Å². The summed E-state index contributed by atoms with van der Waals surface area (Å²) in [5.74, 6) is -1.59. The molecule has 0 bridgehead atoms. The van der Waals surface area contributed by atoms with Crippen LogP contribution >= 0.6 is 0 Å². The molecule has 8 heteroatoms. The molecule has 1 saturated carbocycles. The van der Waals surface area contributed by atoms with Gasteiger partial charge in [-0.15, -0.1) is 0 Å². The third kappa shape index (κ3) is 5.48. The Labute approximate surface area is 204 Å². The van der Waals surface area contributed by atoms with Crippen molar-refractivity contribution in [3.63, 3.8) is 0 Å². The van der Waals surface area contributed by atoms with Crippen molar-refractivity contribution in [3.8, 4) is 11.1 Å². The maximum atomic E-state index is 13.0. The molecular weight excluding hydrogens is 448 g/mol. The molecule has 0 aliphatic heterocycles. The molecule has 2 amide bonds. The molecular formula is C27H32N2O6. The quantitative estimate of drug-likeness (QED) is 0.436. The number of carboxylic acids is 1. The number of ether oxygens (including phenoxy) is 1. The average molecular weight is 481 g/mol. The van der Waals surface area contributed by atoms with Gasteiger partial charge in [0.05, 0.1) is 5.41 Å². The number of carbonyl (C=O) groups excluding carboxylic acids is 2. The number of aliphatic hydroxyl groups is 1. The first-order chi connectivity index (χ1) is 16.9. The second kappa shape index (κ2) is 10.9. The zero-order valence-electron chi connectivity index (χ0n) is 19.7. The Balaban J connectivity index is 1.34. The number of aliphatic carboxylic acids is 1. The van der Waals surface area contributed by atoms with E-state index in [4.69, 9.17) is 9.84 Å². The van der Waals surface area contributed by atoms with E-state index in [-0.39, 0.29) is 37.9 Å². The molecule has 8 nitrogen and oxygen atoms in total. The van der Waals surface area contributed by atoms with Crippen LogP contribution in [0.25, 0.3) is 11.1 Å². The Kier molecular flexibility index (Phi) is 7.70. The summed E-state index contributed by atoms with van der Waals surface area (Å²) in [5.41, 5.74) is 3.81. The molecule has 0 aromatic heterocycles. The zero-order chi connectivity index (χ0) is 24.8. The van der Waals surface area contributed by atoms with Gasteiger partial charge in [0.2, 0.25) is 5.91 Å². The molecule has 2 aromatic carbocycles. The van der Waals surface area contributed by atoms with Crippen LogP contribution in [-0.4, -0.2) is 54.0 Å². The van der Waals surface area contributed by atoms with E-state index in [9.17, 15) is 19.5 Å². The molecule has 0 radical (unpaired) electrons. The number of alkyl carbamates (subject to hydrolysis) is 1. The third-order valence-electron chi connectivity index (χ3n) is 7.20. The molecule has 1 atom stereocenters. The summed E-state index contributed by atoms with van der Waals surface area (Å²) in [6, 6.07) is 16.3. The first kappa shape index (κ1) is 24.7. The lowest BCUT2D eigenvalue weighted by atomic mass is 9.73. The van der Waals surface area contributed by atoms with Crippen molar-refractivity contribution in [2.24, 2.45) is 5.41 Å². The van der Waals surface area contributed by atoms with Gasteiger partial charge in [0.25, 0.3) is 0 Å². The summed E-state index contributed by atoms with van der Waals surface area (Å²) in [4.78, 5) is 36.4. The van der Waals surface area contributed by atoms with E-state index >= 15 is 0 Å². The molecule has 0 spiro atoms. The third-order valence-corrected chi connectivity index (χ3v) is 7.20. The molecule has 186 valence electrons. The predicted octanol–water partition coefficient (Wildman–Crippen LogP) is 3.43. The van der Waals surface area contributed by atoms with Crippen molar-refractivity contribution in [3.05, 3.63) is 59.7 Å². The lowest BCUT2D eigenvalue weighted by Gasteiger charge is -2.36. The van der Waals surface area contributed by atoms with Crippen molar-refractivity contribution in [1.29, 1.82) is 0 Å². The monoisotopic (exact) mass is 480 g/mol. The van der Waals surface area contributed by atoms with Gasteiger partial charge in [-0.25, -0.2) is 9.59 Å². The van der Waals surface area contributed by atoms with Gasteiger partial charge in [0, 0.05) is 25.4 Å². The van der Waals surface area contributed by atoms with Gasteiger partial charge in [0.1, 0.15) is 6.61 Å². The van der Waals surface area contributed by atoms with Gasteiger partial charge in [-0.05, 0) is 35.1 Å². The van der Waals surface area contributed by atoms with Crippen LogP contribution in [0.2, 0.25) is 0 Å². The standard InChI is InChI=1S/C27H32N2O6/c30-23(24(31)32)12-15-28-25(33)27(13-6-1-7-14-27)17-29-26(34)35-16-22-20-10-4-2-8-18(20)19-9-3-5-11-21(19)22/h2-5,8-11,22-23,30H,1,6-7,12-17H2,(H,28,33)(H,29,34)(H,31,32). The van der Waals surface area contributed by atoms with Gasteiger partial charge in [-0.3, -0.25) is 4.79 Å². The largest absolute Gasteiger partial charge is 0.479 e. The Morgan fingerprint density at radius 1 is 0.943 bits per heavy atom. The van der Waals surface area contributed by atoms with E-state index in [1.165, 1.54) is 0 Å². The van der Waals surface area contributed by atoms with Gasteiger partial charge < -0.3 is 25.6 Å². The van der Waals surface area contributed by atoms with E-state index in [1.54, 1.807) is 0 Å². The minimum atomic E-state index is -1.52. The number of nitrogens with one attached hydrogen (secondary N) is 2. The molecule has 2 aliphatic rings. The average Bonchev–Trinajstić information content (AvgIpc) is 3.20. The summed E-state index contributed by atoms with van der Waals surface area (Å²) >= 11 is 0. The van der Waals surface area contributed by atoms with Gasteiger partial charge in [0.15, 0.2) is 6.10 Å². The normalized spacial score (nSPS) is 17.1. The molecule has 4 N–H and O–H groups in total. The molecule has 0 heterocycles. The number of amides is 2. The number of carboxylic acid groups (broad SMARTS) is 1. The minimum Gasteiger partial charge on any atom is -0.479 e. The lowest BCUT2D eigenvalue weighted by molar-refractivity contribution is -0.147. The van der Waals surface area contributed by atoms with E-state index in [0.717, 1.165) is 41.5 Å². The Bertz CT molecular complexity index is 1030. The maximum Gasteiger partial charge on any atom is 0.407 e. The highest BCUT2D eigenvalue weighted by atomic mass is 16.5. The Hall–Kier alpha value is -3.39. The molecule has 1 fully saturated rings. The highest BCUT2D eigenvalue weighted by Gasteiger charge is 2.40. The SMILES string of the molecule is O=C(NCC1(C(=O)NCCC(O)C(=O)O)CCCCC1)OCC1c2ccccc2-c2ccccc21. The summed E-state index contributed by atoms with van der Waals surface area (Å²) < 4.78 is 5.61. The first-order valence-electron chi connectivity index (χ1n) is 12.2. The van der Waals surface area contributed by atoms with Crippen LogP contribution in [0.5, 0.6) is 0 Å². The summed E-state index contributed by atoms with van der Waals surface area (Å²) in [6.07, 6.45) is 1.87. The number of carbonyl (C=O) groups is 3. The summed E-state index contributed by atoms with van der Waals surface area (Å²) in [6.45, 7) is 0.405. The van der Waals surface area contributed by atoms with Gasteiger partial charge in [-0.1, -0.05) is 67.8 Å². The summed E-state index contributed by atoms with van der Waals surface area (Å²) in [7, 11) is 0. The van der Waals surface area contributed by atoms with Crippen molar-refractivity contribution in [2.45, 2.75) is 50.5 Å². The van der Waals surface area contributed by atoms with Gasteiger partial charge >= 0.3 is 12.1 Å². The predicted molar refractivity (Wildman–Crippen MR) is 130 cm³/mol. The fourth-order valence-corrected chi connectivity index (χ4v) is 5.24. The van der Waals surface area contributed by atoms with Crippen LogP contribution in [0.15, 0.2) is 48.5 Å². The van der Waals surface area contributed by atoms with Crippen LogP contribution < -0.4 is 10.6 Å². The number of hydrogen-bond donors (Lipinski definition) is 4. The molecule has 1 unspecified atom stereocenters. The highest BCUT2D eigenvalue weighted by molar-refractivity contribution is 5.84. The minimum absolute atomic E-state index is 0.0410. The van der Waals surface area contributed by atoms with Crippen LogP contribution in [0, 0.1) is 5.41 Å². The van der Waals surface area contributed by atoms with Crippen LogP contribution in [0.1, 0.15) is 55.6 Å². The van der Waals surface area contributed by atoms with Crippen molar-refractivity contribution < 1.29 is 29.3 Å². The van der Waals surface area contributed by atoms with Crippen molar-refractivity contribution in [1.82, 2.24) is 10.6 Å². The second-order valence-corrected chi connectivity index (χ2v) is 9.42. The first-order valence-corrected chi connectivity index (χ1v) is 12.2. The topological polar surface area (TPSA) is 125 Å². The highest BCUT2D eigenvalue weighted by Crippen LogP contribution is 2.44. The number of benzene rings is 2. The second-order valence-electron chi connectivity index (χ2n) is 9.42. The molecule has 0 saturated heterocycles. The number of aliphatic hydroxyl groups excluding tert-OH is 1. The van der Waals surface area contributed by atoms with E-state index < -0.39 is 23.6 Å². The lowest BCUT2D eigenvalue weighted by Crippen LogP contribution is -2.50. The number of hydrogen-bond acceptors (Lipinski definition) is 5. The molecule has 4 rings (SSSR count). The molecule has 35 heavy (non-hydrogen) atoms. The zero-order valence-corrected chi connectivity index (χ0v) is 19.7.